The minimum Gasteiger partial charge on any atom is -0.297 e. The van der Waals surface area contributed by atoms with E-state index in [0.29, 0.717) is 0 Å². The topological polar surface area (TPSA) is 31.2 Å². The number of rotatable bonds is 2. The second-order valence-corrected chi connectivity index (χ2v) is 2.42. The average Bonchev–Trinajstić information content (AvgIpc) is 1.98. The first-order valence-corrected chi connectivity index (χ1v) is 3.45. The molecule has 0 saturated carbocycles. The third kappa shape index (κ3) is 3.72. The Hall–Kier alpha value is -0.900. The van der Waals surface area contributed by atoms with Gasteiger partial charge in [0, 0.05) is 28.2 Å². The summed E-state index contributed by atoms with van der Waals surface area (Å²) in [5.41, 5.74) is 0. The summed E-state index contributed by atoms with van der Waals surface area (Å²) in [5, 5.41) is 3.88. The van der Waals surface area contributed by atoms with E-state index in [1.165, 1.54) is 6.34 Å². The molecule has 0 amide bonds. The zero-order valence-corrected chi connectivity index (χ0v) is 7.87. The van der Waals surface area contributed by atoms with Gasteiger partial charge in [-0.15, -0.1) is 0 Å². The van der Waals surface area contributed by atoms with Crippen LogP contribution in [0.4, 0.5) is 0 Å². The van der Waals surface area contributed by atoms with Crippen molar-refractivity contribution in [3.63, 3.8) is 0 Å². The molecule has 0 aromatic rings. The zero-order chi connectivity index (χ0) is 8.85. The lowest BCUT2D eigenvalue weighted by Crippen LogP contribution is -2.36. The van der Waals surface area contributed by atoms with Gasteiger partial charge in [-0.05, 0) is 6.92 Å². The molecule has 0 radical (unpaired) electrons. The SMILES string of the molecule is CN=CN=C(C)N(C)N(C)C. The van der Waals surface area contributed by atoms with E-state index in [-0.39, 0.29) is 0 Å². The summed E-state index contributed by atoms with van der Waals surface area (Å²) in [4.78, 5) is 7.83. The molecule has 0 atom stereocenters. The molecule has 0 heterocycles. The number of hydrogen-bond acceptors (Lipinski definition) is 2. The van der Waals surface area contributed by atoms with E-state index in [1.54, 1.807) is 7.05 Å². The molecule has 4 heteroatoms. The van der Waals surface area contributed by atoms with Crippen LogP contribution < -0.4 is 0 Å². The standard InChI is InChI=1S/C7H16N4/c1-7(9-6-8-2)11(5)10(3)4/h6H,1-5H3. The molecule has 4 nitrogen and oxygen atoms in total. The molecule has 0 spiro atoms. The maximum atomic E-state index is 4.07. The molecule has 0 saturated heterocycles. The summed E-state index contributed by atoms with van der Waals surface area (Å²) in [6.45, 7) is 1.93. The van der Waals surface area contributed by atoms with Crippen LogP contribution in [0, 0.1) is 0 Å². The van der Waals surface area contributed by atoms with Crippen LogP contribution in [0.15, 0.2) is 9.98 Å². The molecular formula is C7H16N4. The van der Waals surface area contributed by atoms with Gasteiger partial charge in [0.1, 0.15) is 12.2 Å². The van der Waals surface area contributed by atoms with Crippen molar-refractivity contribution in [3.8, 4) is 0 Å². The van der Waals surface area contributed by atoms with Crippen molar-refractivity contribution in [2.45, 2.75) is 6.92 Å². The minimum atomic E-state index is 0.917. The van der Waals surface area contributed by atoms with Crippen LogP contribution in [0.2, 0.25) is 0 Å². The average molecular weight is 156 g/mol. The predicted molar refractivity (Wildman–Crippen MR) is 49.0 cm³/mol. The van der Waals surface area contributed by atoms with Crippen LogP contribution in [0.25, 0.3) is 0 Å². The summed E-state index contributed by atoms with van der Waals surface area (Å²) >= 11 is 0. The highest BCUT2D eigenvalue weighted by Gasteiger charge is 1.99. The second-order valence-electron chi connectivity index (χ2n) is 2.42. The van der Waals surface area contributed by atoms with Gasteiger partial charge in [-0.3, -0.25) is 10.0 Å². The molecule has 0 fully saturated rings. The molecule has 0 unspecified atom stereocenters. The van der Waals surface area contributed by atoms with Crippen molar-refractivity contribution in [2.24, 2.45) is 9.98 Å². The summed E-state index contributed by atoms with van der Waals surface area (Å²) in [6.07, 6.45) is 1.54. The monoisotopic (exact) mass is 156 g/mol. The van der Waals surface area contributed by atoms with E-state index >= 15 is 0 Å². The highest BCUT2D eigenvalue weighted by atomic mass is 15.6. The summed E-state index contributed by atoms with van der Waals surface area (Å²) in [5.74, 6) is 0.917. The third-order valence-corrected chi connectivity index (χ3v) is 1.43. The lowest BCUT2D eigenvalue weighted by molar-refractivity contribution is 0.144. The molecule has 0 rings (SSSR count). The van der Waals surface area contributed by atoms with Gasteiger partial charge in [0.05, 0.1) is 0 Å². The molecule has 0 aliphatic rings. The molecule has 0 aromatic carbocycles. The predicted octanol–water partition coefficient (Wildman–Crippen LogP) is 0.471. The van der Waals surface area contributed by atoms with Crippen LogP contribution in [-0.4, -0.2) is 50.4 Å². The fourth-order valence-corrected chi connectivity index (χ4v) is 0.514. The largest absolute Gasteiger partial charge is 0.297 e. The van der Waals surface area contributed by atoms with Crippen LogP contribution in [0.5, 0.6) is 0 Å². The Morgan fingerprint density at radius 2 is 1.82 bits per heavy atom. The van der Waals surface area contributed by atoms with Gasteiger partial charge in [0.25, 0.3) is 0 Å². The van der Waals surface area contributed by atoms with Crippen LogP contribution in [0.1, 0.15) is 6.92 Å². The highest BCUT2D eigenvalue weighted by Crippen LogP contribution is 1.88. The van der Waals surface area contributed by atoms with Gasteiger partial charge in [-0.25, -0.2) is 10.0 Å². The first kappa shape index (κ1) is 10.1. The maximum Gasteiger partial charge on any atom is 0.117 e. The minimum absolute atomic E-state index is 0.917. The molecule has 0 aromatic heterocycles. The Morgan fingerprint density at radius 3 is 2.18 bits per heavy atom. The summed E-state index contributed by atoms with van der Waals surface area (Å²) in [6, 6.07) is 0. The van der Waals surface area contributed by atoms with Gasteiger partial charge in [-0.1, -0.05) is 0 Å². The Kier molecular flexibility index (Phi) is 4.45. The van der Waals surface area contributed by atoms with E-state index < -0.39 is 0 Å². The lowest BCUT2D eigenvalue weighted by atomic mass is 10.6. The molecule has 64 valence electrons. The van der Waals surface area contributed by atoms with Crippen molar-refractivity contribution < 1.29 is 0 Å². The Labute approximate surface area is 68.2 Å². The number of aliphatic imine (C=N–C) groups is 2. The third-order valence-electron chi connectivity index (χ3n) is 1.43. The van der Waals surface area contributed by atoms with Crippen molar-refractivity contribution in [1.29, 1.82) is 0 Å². The lowest BCUT2D eigenvalue weighted by Gasteiger charge is -2.25. The van der Waals surface area contributed by atoms with Crippen LogP contribution in [-0.2, 0) is 0 Å². The summed E-state index contributed by atoms with van der Waals surface area (Å²) in [7, 11) is 7.57. The van der Waals surface area contributed by atoms with Crippen LogP contribution in [0.3, 0.4) is 0 Å². The molecule has 0 N–H and O–H groups in total. The zero-order valence-electron chi connectivity index (χ0n) is 7.87. The van der Waals surface area contributed by atoms with Crippen molar-refractivity contribution in [2.75, 3.05) is 28.2 Å². The normalized spacial score (nSPS) is 13.1. The van der Waals surface area contributed by atoms with Gasteiger partial charge in [0.2, 0.25) is 0 Å². The van der Waals surface area contributed by atoms with E-state index in [4.69, 9.17) is 0 Å². The van der Waals surface area contributed by atoms with Gasteiger partial charge in [0.15, 0.2) is 0 Å². The first-order chi connectivity index (χ1) is 5.09. The molecular weight excluding hydrogens is 140 g/mol. The first-order valence-electron chi connectivity index (χ1n) is 3.45. The van der Waals surface area contributed by atoms with E-state index in [2.05, 4.69) is 9.98 Å². The molecule has 0 aliphatic heterocycles. The smallest absolute Gasteiger partial charge is 0.117 e. The fraction of sp³-hybridized carbons (Fsp3) is 0.714. The van der Waals surface area contributed by atoms with E-state index in [0.717, 1.165) is 5.84 Å². The molecule has 0 aliphatic carbocycles. The van der Waals surface area contributed by atoms with E-state index in [1.807, 2.05) is 38.1 Å². The fourth-order valence-electron chi connectivity index (χ4n) is 0.514. The van der Waals surface area contributed by atoms with E-state index in [9.17, 15) is 0 Å². The highest BCUT2D eigenvalue weighted by molar-refractivity contribution is 5.86. The second kappa shape index (κ2) is 4.85. The number of hydrogen-bond donors (Lipinski definition) is 0. The number of nitrogens with zero attached hydrogens (tertiary/aromatic N) is 4. The summed E-state index contributed by atoms with van der Waals surface area (Å²) < 4.78 is 0. The van der Waals surface area contributed by atoms with Crippen molar-refractivity contribution in [1.82, 2.24) is 10.0 Å². The van der Waals surface area contributed by atoms with Gasteiger partial charge in [-0.2, -0.15) is 0 Å². The molecule has 11 heavy (non-hydrogen) atoms. The van der Waals surface area contributed by atoms with Gasteiger partial charge < -0.3 is 0 Å². The van der Waals surface area contributed by atoms with Crippen molar-refractivity contribution in [3.05, 3.63) is 0 Å². The Balaban J connectivity index is 4.11. The quantitative estimate of drug-likeness (QED) is 0.330. The Morgan fingerprint density at radius 1 is 1.27 bits per heavy atom. The van der Waals surface area contributed by atoms with Crippen molar-refractivity contribution >= 4 is 12.2 Å². The Bertz CT molecular complexity index is 160. The number of hydrazine groups is 1. The van der Waals surface area contributed by atoms with Gasteiger partial charge >= 0.3 is 0 Å². The van der Waals surface area contributed by atoms with Crippen LogP contribution >= 0.6 is 0 Å². The maximum absolute atomic E-state index is 4.07. The number of amidine groups is 1. The molecule has 0 bridgehead atoms.